The molecule has 122 valence electrons. The Balaban J connectivity index is 1.25. The van der Waals surface area contributed by atoms with E-state index in [0.29, 0.717) is 5.54 Å². The molecule has 23 heavy (non-hydrogen) atoms. The summed E-state index contributed by atoms with van der Waals surface area (Å²) in [4.78, 5) is 2.11. The van der Waals surface area contributed by atoms with Crippen LogP contribution in [0.1, 0.15) is 44.1 Å². The van der Waals surface area contributed by atoms with Gasteiger partial charge in [0.15, 0.2) is 0 Å². The molecule has 1 aromatic rings. The average molecular weight is 309 g/mol. The van der Waals surface area contributed by atoms with Gasteiger partial charge in [0.25, 0.3) is 0 Å². The van der Waals surface area contributed by atoms with Gasteiger partial charge in [-0.2, -0.15) is 0 Å². The molecule has 4 aliphatic carbocycles. The van der Waals surface area contributed by atoms with Crippen molar-refractivity contribution in [1.29, 1.82) is 0 Å². The molecule has 4 fully saturated rings. The topological polar surface area (TPSA) is 41.3 Å². The Bertz CT molecular complexity index is 583. The van der Waals surface area contributed by atoms with Gasteiger partial charge in [0, 0.05) is 24.0 Å². The quantitative estimate of drug-likeness (QED) is 0.896. The van der Waals surface area contributed by atoms with Crippen molar-refractivity contribution in [1.82, 2.24) is 5.32 Å². The van der Waals surface area contributed by atoms with Crippen LogP contribution in [0, 0.1) is 17.8 Å². The third-order valence-corrected chi connectivity index (χ3v) is 6.71. The van der Waals surface area contributed by atoms with Gasteiger partial charge in [0.2, 0.25) is 0 Å². The zero-order chi connectivity index (χ0) is 15.4. The molecule has 1 heterocycles. The van der Waals surface area contributed by atoms with E-state index in [2.05, 4.69) is 34.5 Å². The monoisotopic (exact) mass is 309 g/mol. The molecule has 5 aliphatic rings. The van der Waals surface area contributed by atoms with Gasteiger partial charge in [0.05, 0.1) is 0 Å². The first kappa shape index (κ1) is 14.1. The third-order valence-electron chi connectivity index (χ3n) is 6.71. The lowest BCUT2D eigenvalue weighted by Gasteiger charge is -2.57. The molecule has 1 aromatic carbocycles. The molecular formula is C20H27N3. The Labute approximate surface area is 138 Å². The summed E-state index contributed by atoms with van der Waals surface area (Å²) in [5, 5.41) is 3.98. The van der Waals surface area contributed by atoms with Crippen LogP contribution in [0.25, 0.3) is 0 Å². The largest absolute Gasteiger partial charge is 0.329 e. The molecule has 1 atom stereocenters. The summed E-state index contributed by atoms with van der Waals surface area (Å²) >= 11 is 0. The molecule has 4 saturated carbocycles. The van der Waals surface area contributed by atoms with Crippen molar-refractivity contribution in [2.24, 2.45) is 23.5 Å². The van der Waals surface area contributed by atoms with Crippen molar-refractivity contribution in [3.63, 3.8) is 0 Å². The molecule has 3 nitrogen and oxygen atoms in total. The van der Waals surface area contributed by atoms with Gasteiger partial charge in [-0.05, 0) is 80.1 Å². The van der Waals surface area contributed by atoms with Gasteiger partial charge < -0.3 is 16.0 Å². The minimum absolute atomic E-state index is 0.0472. The Morgan fingerprint density at radius 3 is 2.09 bits per heavy atom. The van der Waals surface area contributed by atoms with Crippen molar-refractivity contribution < 1.29 is 0 Å². The molecule has 0 aromatic heterocycles. The van der Waals surface area contributed by atoms with Crippen LogP contribution in [0.3, 0.4) is 0 Å². The lowest BCUT2D eigenvalue weighted by molar-refractivity contribution is -0.0206. The summed E-state index contributed by atoms with van der Waals surface area (Å²) in [6.07, 6.45) is 12.9. The van der Waals surface area contributed by atoms with Crippen molar-refractivity contribution in [3.8, 4) is 0 Å². The van der Waals surface area contributed by atoms with Crippen molar-refractivity contribution in [2.75, 3.05) is 4.90 Å². The maximum absolute atomic E-state index is 5.95. The molecule has 3 heteroatoms. The molecule has 3 N–H and O–H groups in total. The SMILES string of the molecule is NC1C=CN1c1ccc(CNC23CC4CC(CC(C4)C2)C3)cc1. The summed E-state index contributed by atoms with van der Waals surface area (Å²) in [6.45, 7) is 1.01. The van der Waals surface area contributed by atoms with E-state index in [0.717, 1.165) is 24.3 Å². The van der Waals surface area contributed by atoms with Crippen LogP contribution in [-0.4, -0.2) is 11.7 Å². The maximum atomic E-state index is 5.95. The van der Waals surface area contributed by atoms with Gasteiger partial charge in [-0.25, -0.2) is 0 Å². The van der Waals surface area contributed by atoms with Crippen molar-refractivity contribution in [2.45, 2.75) is 56.8 Å². The number of nitrogens with one attached hydrogen (secondary N) is 1. The Kier molecular flexibility index (Phi) is 3.11. The summed E-state index contributed by atoms with van der Waals surface area (Å²) in [5.41, 5.74) is 8.99. The van der Waals surface area contributed by atoms with Gasteiger partial charge in [0.1, 0.15) is 6.17 Å². The highest BCUT2D eigenvalue weighted by molar-refractivity contribution is 5.55. The molecular weight excluding hydrogens is 282 g/mol. The third kappa shape index (κ3) is 2.41. The van der Waals surface area contributed by atoms with Crippen LogP contribution in [0.4, 0.5) is 5.69 Å². The van der Waals surface area contributed by atoms with Crippen LogP contribution >= 0.6 is 0 Å². The van der Waals surface area contributed by atoms with E-state index in [1.165, 1.54) is 49.8 Å². The fraction of sp³-hybridized carbons (Fsp3) is 0.600. The van der Waals surface area contributed by atoms with Crippen LogP contribution in [-0.2, 0) is 6.54 Å². The van der Waals surface area contributed by atoms with Crippen LogP contribution in [0.2, 0.25) is 0 Å². The molecule has 4 bridgehead atoms. The molecule has 1 aliphatic heterocycles. The second kappa shape index (κ2) is 5.09. The van der Waals surface area contributed by atoms with Gasteiger partial charge >= 0.3 is 0 Å². The molecule has 0 saturated heterocycles. The van der Waals surface area contributed by atoms with E-state index < -0.39 is 0 Å². The fourth-order valence-corrected chi connectivity index (χ4v) is 5.93. The highest BCUT2D eigenvalue weighted by Gasteiger charge is 2.50. The zero-order valence-corrected chi connectivity index (χ0v) is 13.7. The number of hydrogen-bond acceptors (Lipinski definition) is 3. The van der Waals surface area contributed by atoms with Crippen LogP contribution in [0.5, 0.6) is 0 Å². The lowest BCUT2D eigenvalue weighted by atomic mass is 9.53. The van der Waals surface area contributed by atoms with E-state index in [9.17, 15) is 0 Å². The molecule has 0 radical (unpaired) electrons. The van der Waals surface area contributed by atoms with E-state index in [4.69, 9.17) is 5.73 Å². The summed E-state index contributed by atoms with van der Waals surface area (Å²) < 4.78 is 0. The number of nitrogens with two attached hydrogens (primary N) is 1. The Morgan fingerprint density at radius 1 is 1.00 bits per heavy atom. The fourth-order valence-electron chi connectivity index (χ4n) is 5.93. The molecule has 0 spiro atoms. The number of rotatable bonds is 4. The number of nitrogens with zero attached hydrogens (tertiary/aromatic N) is 1. The summed E-state index contributed by atoms with van der Waals surface area (Å²) in [7, 11) is 0. The Hall–Kier alpha value is -1.32. The van der Waals surface area contributed by atoms with Gasteiger partial charge in [-0.15, -0.1) is 0 Å². The predicted octanol–water partition coefficient (Wildman–Crippen LogP) is 3.36. The number of anilines is 1. The van der Waals surface area contributed by atoms with E-state index in [-0.39, 0.29) is 6.17 Å². The minimum atomic E-state index is 0.0472. The molecule has 1 unspecified atom stereocenters. The molecule has 6 rings (SSSR count). The average Bonchev–Trinajstić information content (AvgIpc) is 2.52. The van der Waals surface area contributed by atoms with Crippen LogP contribution < -0.4 is 16.0 Å². The lowest BCUT2D eigenvalue weighted by Crippen LogP contribution is -2.58. The van der Waals surface area contributed by atoms with Gasteiger partial charge in [-0.1, -0.05) is 12.1 Å². The van der Waals surface area contributed by atoms with Crippen molar-refractivity contribution in [3.05, 3.63) is 42.1 Å². The second-order valence-electron chi connectivity index (χ2n) is 8.46. The first-order chi connectivity index (χ1) is 11.2. The highest BCUT2D eigenvalue weighted by Crippen LogP contribution is 2.55. The second-order valence-corrected chi connectivity index (χ2v) is 8.46. The van der Waals surface area contributed by atoms with E-state index in [1.807, 2.05) is 12.3 Å². The normalized spacial score (nSPS) is 40.5. The standard InChI is InChI=1S/C20H27N3/c21-19-5-6-23(19)18-3-1-14(2-4-18)13-22-20-10-15-7-16(11-20)9-17(8-15)12-20/h1-6,15-17,19,22H,7-13,21H2. The summed E-state index contributed by atoms with van der Waals surface area (Å²) in [5.74, 6) is 3.03. The molecule has 0 amide bonds. The number of hydrogen-bond donors (Lipinski definition) is 2. The first-order valence-electron chi connectivity index (χ1n) is 9.25. The highest BCUT2D eigenvalue weighted by atomic mass is 15.2. The minimum Gasteiger partial charge on any atom is -0.329 e. The van der Waals surface area contributed by atoms with E-state index >= 15 is 0 Å². The predicted molar refractivity (Wildman–Crippen MR) is 93.8 cm³/mol. The smallest absolute Gasteiger partial charge is 0.102 e. The Morgan fingerprint density at radius 2 is 1.61 bits per heavy atom. The first-order valence-corrected chi connectivity index (χ1v) is 9.25. The van der Waals surface area contributed by atoms with Crippen LogP contribution in [0.15, 0.2) is 36.5 Å². The summed E-state index contributed by atoms with van der Waals surface area (Å²) in [6, 6.07) is 8.89. The van der Waals surface area contributed by atoms with Crippen molar-refractivity contribution >= 4 is 5.69 Å². The van der Waals surface area contributed by atoms with Gasteiger partial charge in [-0.3, -0.25) is 0 Å². The zero-order valence-electron chi connectivity index (χ0n) is 13.7. The van der Waals surface area contributed by atoms with E-state index in [1.54, 1.807) is 0 Å². The maximum Gasteiger partial charge on any atom is 0.102 e. The number of benzene rings is 1.